The number of methoxy groups -OCH3 is 1. The Labute approximate surface area is 125 Å². The molecule has 21 heavy (non-hydrogen) atoms. The van der Waals surface area contributed by atoms with Gasteiger partial charge in [-0.05, 0) is 49.9 Å². The lowest BCUT2D eigenvalue weighted by Gasteiger charge is -2.15. The van der Waals surface area contributed by atoms with E-state index in [2.05, 4.69) is 4.72 Å². The minimum Gasteiger partial charge on any atom is -0.480 e. The van der Waals surface area contributed by atoms with Crippen molar-refractivity contribution in [2.45, 2.75) is 37.6 Å². The lowest BCUT2D eigenvalue weighted by molar-refractivity contribution is -0.139. The fourth-order valence-corrected chi connectivity index (χ4v) is 3.42. The third-order valence-corrected chi connectivity index (χ3v) is 4.39. The monoisotopic (exact) mass is 315 g/mol. The van der Waals surface area contributed by atoms with E-state index in [1.54, 1.807) is 13.8 Å². The number of sulfonamides is 1. The maximum absolute atomic E-state index is 12.3. The molecule has 0 aliphatic heterocycles. The number of aryl methyl sites for hydroxylation is 2. The molecule has 7 heteroatoms. The van der Waals surface area contributed by atoms with Gasteiger partial charge < -0.3 is 9.84 Å². The van der Waals surface area contributed by atoms with Crippen LogP contribution in [0.2, 0.25) is 0 Å². The van der Waals surface area contributed by atoms with Crippen LogP contribution in [0.5, 0.6) is 0 Å². The molecular weight excluding hydrogens is 294 g/mol. The second-order valence-corrected chi connectivity index (χ2v) is 6.68. The minimum absolute atomic E-state index is 0.0815. The fraction of sp³-hybridized carbons (Fsp3) is 0.500. The molecule has 0 heterocycles. The molecule has 0 saturated heterocycles. The van der Waals surface area contributed by atoms with E-state index in [-0.39, 0.29) is 11.3 Å². The number of ether oxygens (including phenoxy) is 1. The molecule has 1 aromatic rings. The van der Waals surface area contributed by atoms with E-state index < -0.39 is 22.0 Å². The molecule has 0 spiro atoms. The highest BCUT2D eigenvalue weighted by Crippen LogP contribution is 2.15. The number of carboxylic acid groups (broad SMARTS) is 1. The molecule has 0 aliphatic carbocycles. The molecule has 2 N–H and O–H groups in total. The van der Waals surface area contributed by atoms with Crippen molar-refractivity contribution >= 4 is 16.0 Å². The van der Waals surface area contributed by atoms with Crippen molar-refractivity contribution < 1.29 is 23.1 Å². The average Bonchev–Trinajstić information content (AvgIpc) is 2.36. The molecule has 1 rings (SSSR count). The highest BCUT2D eigenvalue weighted by atomic mass is 32.2. The van der Waals surface area contributed by atoms with Crippen LogP contribution >= 0.6 is 0 Å². The van der Waals surface area contributed by atoms with Crippen LogP contribution in [0.4, 0.5) is 0 Å². The van der Waals surface area contributed by atoms with Gasteiger partial charge in [0.15, 0.2) is 0 Å². The first kappa shape index (κ1) is 17.6. The van der Waals surface area contributed by atoms with E-state index in [1.165, 1.54) is 19.2 Å². The fourth-order valence-electron chi connectivity index (χ4n) is 2.01. The molecule has 0 aliphatic rings. The highest BCUT2D eigenvalue weighted by molar-refractivity contribution is 7.89. The van der Waals surface area contributed by atoms with Crippen molar-refractivity contribution in [1.29, 1.82) is 0 Å². The number of hydrogen-bond donors (Lipinski definition) is 2. The maximum Gasteiger partial charge on any atom is 0.321 e. The van der Waals surface area contributed by atoms with Crippen molar-refractivity contribution in [3.63, 3.8) is 0 Å². The predicted octanol–water partition coefficient (Wildman–Crippen LogP) is 1.46. The Kier molecular flexibility index (Phi) is 6.32. The summed E-state index contributed by atoms with van der Waals surface area (Å²) in [5, 5.41) is 9.12. The number of carboxylic acids is 1. The lowest BCUT2D eigenvalue weighted by atomic mass is 10.2. The summed E-state index contributed by atoms with van der Waals surface area (Å²) < 4.78 is 31.6. The molecule has 0 amide bonds. The number of benzene rings is 1. The lowest BCUT2D eigenvalue weighted by Crippen LogP contribution is -2.40. The van der Waals surface area contributed by atoms with Gasteiger partial charge in [0, 0.05) is 13.7 Å². The summed E-state index contributed by atoms with van der Waals surface area (Å²) in [7, 11) is -2.35. The Morgan fingerprint density at radius 2 is 1.86 bits per heavy atom. The third kappa shape index (κ3) is 5.45. The van der Waals surface area contributed by atoms with E-state index in [9.17, 15) is 13.2 Å². The molecule has 1 unspecified atom stereocenters. The van der Waals surface area contributed by atoms with Crippen LogP contribution in [-0.4, -0.2) is 39.3 Å². The van der Waals surface area contributed by atoms with Crippen LogP contribution in [-0.2, 0) is 19.6 Å². The van der Waals surface area contributed by atoms with E-state index in [1.807, 2.05) is 6.07 Å². The van der Waals surface area contributed by atoms with Crippen LogP contribution in [0.1, 0.15) is 24.0 Å². The first-order chi connectivity index (χ1) is 9.76. The molecule has 0 radical (unpaired) electrons. The van der Waals surface area contributed by atoms with Crippen molar-refractivity contribution in [2.75, 3.05) is 13.7 Å². The van der Waals surface area contributed by atoms with Gasteiger partial charge in [0.05, 0.1) is 4.90 Å². The minimum atomic E-state index is -3.86. The van der Waals surface area contributed by atoms with Crippen molar-refractivity contribution in [3.8, 4) is 0 Å². The molecule has 6 nitrogen and oxygen atoms in total. The van der Waals surface area contributed by atoms with Gasteiger partial charge in [-0.15, -0.1) is 0 Å². The number of carbonyl (C=O) groups is 1. The first-order valence-electron chi connectivity index (χ1n) is 6.58. The zero-order valence-electron chi connectivity index (χ0n) is 12.4. The van der Waals surface area contributed by atoms with Crippen LogP contribution in [0.15, 0.2) is 23.1 Å². The van der Waals surface area contributed by atoms with Gasteiger partial charge in [-0.2, -0.15) is 4.72 Å². The SMILES string of the molecule is COCCCC(NS(=O)(=O)c1cc(C)cc(C)c1)C(=O)O. The van der Waals surface area contributed by atoms with E-state index >= 15 is 0 Å². The van der Waals surface area contributed by atoms with Crippen molar-refractivity contribution in [3.05, 3.63) is 29.3 Å². The molecule has 0 fully saturated rings. The summed E-state index contributed by atoms with van der Waals surface area (Å²) in [6.45, 7) is 3.97. The standard InChI is InChI=1S/C14H21NO5S/c1-10-7-11(2)9-12(8-10)21(18,19)15-13(14(16)17)5-4-6-20-3/h7-9,13,15H,4-6H2,1-3H3,(H,16,17). The molecular formula is C14H21NO5S. The second-order valence-electron chi connectivity index (χ2n) is 4.97. The Morgan fingerprint density at radius 3 is 2.33 bits per heavy atom. The molecule has 0 bridgehead atoms. The number of rotatable bonds is 8. The van der Waals surface area contributed by atoms with E-state index in [0.717, 1.165) is 11.1 Å². The van der Waals surface area contributed by atoms with Crippen LogP contribution < -0.4 is 4.72 Å². The maximum atomic E-state index is 12.3. The number of aliphatic carboxylic acids is 1. The summed E-state index contributed by atoms with van der Waals surface area (Å²) in [6.07, 6.45) is 0.635. The van der Waals surface area contributed by atoms with Crippen molar-refractivity contribution in [2.24, 2.45) is 0 Å². The number of nitrogens with one attached hydrogen (secondary N) is 1. The van der Waals surface area contributed by atoms with E-state index in [0.29, 0.717) is 13.0 Å². The molecule has 1 aromatic carbocycles. The van der Waals surface area contributed by atoms with Gasteiger partial charge in [-0.25, -0.2) is 8.42 Å². The Balaban J connectivity index is 2.92. The second kappa shape index (κ2) is 7.53. The van der Waals surface area contributed by atoms with Crippen molar-refractivity contribution in [1.82, 2.24) is 4.72 Å². The Morgan fingerprint density at radius 1 is 1.29 bits per heavy atom. The molecule has 118 valence electrons. The van der Waals surface area contributed by atoms with E-state index in [4.69, 9.17) is 9.84 Å². The smallest absolute Gasteiger partial charge is 0.321 e. The quantitative estimate of drug-likeness (QED) is 0.709. The van der Waals surface area contributed by atoms with Gasteiger partial charge in [-0.3, -0.25) is 4.79 Å². The molecule has 0 saturated carbocycles. The highest BCUT2D eigenvalue weighted by Gasteiger charge is 2.25. The summed E-state index contributed by atoms with van der Waals surface area (Å²) in [6, 6.07) is 3.73. The van der Waals surface area contributed by atoms with Gasteiger partial charge in [0.2, 0.25) is 10.0 Å². The summed E-state index contributed by atoms with van der Waals surface area (Å²) in [5.74, 6) is -1.20. The number of hydrogen-bond acceptors (Lipinski definition) is 4. The summed E-state index contributed by atoms with van der Waals surface area (Å²) in [5.41, 5.74) is 1.61. The van der Waals surface area contributed by atoms with Crippen LogP contribution in [0.25, 0.3) is 0 Å². The largest absolute Gasteiger partial charge is 0.480 e. The first-order valence-corrected chi connectivity index (χ1v) is 8.07. The third-order valence-electron chi connectivity index (χ3n) is 2.94. The normalized spacial score (nSPS) is 13.1. The van der Waals surface area contributed by atoms with Crippen LogP contribution in [0.3, 0.4) is 0 Å². The van der Waals surface area contributed by atoms with Gasteiger partial charge >= 0.3 is 5.97 Å². The van der Waals surface area contributed by atoms with Crippen LogP contribution in [0, 0.1) is 13.8 Å². The van der Waals surface area contributed by atoms with Gasteiger partial charge in [0.25, 0.3) is 0 Å². The van der Waals surface area contributed by atoms with Gasteiger partial charge in [-0.1, -0.05) is 6.07 Å². The summed E-state index contributed by atoms with van der Waals surface area (Å²) >= 11 is 0. The average molecular weight is 315 g/mol. The van der Waals surface area contributed by atoms with Gasteiger partial charge in [0.1, 0.15) is 6.04 Å². The zero-order valence-corrected chi connectivity index (χ0v) is 13.2. The Hall–Kier alpha value is -1.44. The molecule has 1 atom stereocenters. The predicted molar refractivity (Wildman–Crippen MR) is 78.8 cm³/mol. The zero-order chi connectivity index (χ0) is 16.0. The summed E-state index contributed by atoms with van der Waals surface area (Å²) in [4.78, 5) is 11.3. The molecule has 0 aromatic heterocycles. The topological polar surface area (TPSA) is 92.7 Å². The Bertz CT molecular complexity index is 577.